The summed E-state index contributed by atoms with van der Waals surface area (Å²) in [6, 6.07) is 10.1. The minimum absolute atomic E-state index is 0.00611. The summed E-state index contributed by atoms with van der Waals surface area (Å²) in [6.07, 6.45) is 3.89. The van der Waals surface area contributed by atoms with Gasteiger partial charge in [0.1, 0.15) is 5.82 Å². The number of hydrogen-bond acceptors (Lipinski definition) is 4. The first-order chi connectivity index (χ1) is 13.6. The zero-order valence-corrected chi connectivity index (χ0v) is 16.4. The van der Waals surface area contributed by atoms with Crippen LogP contribution in [0.15, 0.2) is 30.3 Å². The molecule has 7 heteroatoms. The number of hydrogen-bond donors (Lipinski definition) is 0. The van der Waals surface area contributed by atoms with E-state index in [1.54, 1.807) is 6.92 Å². The molecular weight excluding hydrogens is 354 g/mol. The van der Waals surface area contributed by atoms with E-state index in [2.05, 4.69) is 26.9 Å². The van der Waals surface area contributed by atoms with E-state index >= 15 is 0 Å². The summed E-state index contributed by atoms with van der Waals surface area (Å²) < 4.78 is 2.14. The molecular formula is C21H27N5O2. The topological polar surface area (TPSA) is 71.3 Å². The minimum atomic E-state index is -0.00611. The minimum Gasteiger partial charge on any atom is -0.341 e. The van der Waals surface area contributed by atoms with Gasteiger partial charge in [0.05, 0.1) is 6.04 Å². The van der Waals surface area contributed by atoms with Gasteiger partial charge in [-0.15, -0.1) is 10.2 Å². The summed E-state index contributed by atoms with van der Waals surface area (Å²) in [4.78, 5) is 28.5. The van der Waals surface area contributed by atoms with Gasteiger partial charge in [-0.25, -0.2) is 0 Å². The summed E-state index contributed by atoms with van der Waals surface area (Å²) in [6.45, 7) is 4.43. The summed E-state index contributed by atoms with van der Waals surface area (Å²) in [7, 11) is 0. The zero-order chi connectivity index (χ0) is 19.5. The number of carbonyl (C=O) groups excluding carboxylic acids is 2. The molecule has 2 aliphatic heterocycles. The van der Waals surface area contributed by atoms with Crippen LogP contribution in [0.2, 0.25) is 0 Å². The van der Waals surface area contributed by atoms with Gasteiger partial charge in [0.15, 0.2) is 5.82 Å². The maximum atomic E-state index is 12.9. The number of carbonyl (C=O) groups is 2. The van der Waals surface area contributed by atoms with Crippen molar-refractivity contribution in [3.8, 4) is 0 Å². The number of benzene rings is 1. The number of rotatable bonds is 4. The number of fused-ring (bicyclic) bond motifs is 1. The lowest BCUT2D eigenvalue weighted by molar-refractivity contribution is -0.132. The lowest BCUT2D eigenvalue weighted by Gasteiger charge is -2.25. The van der Waals surface area contributed by atoms with Gasteiger partial charge in [-0.2, -0.15) is 0 Å². The fourth-order valence-electron chi connectivity index (χ4n) is 4.28. The molecule has 0 radical (unpaired) electrons. The van der Waals surface area contributed by atoms with Crippen LogP contribution in [0.3, 0.4) is 0 Å². The molecule has 7 nitrogen and oxygen atoms in total. The van der Waals surface area contributed by atoms with Crippen LogP contribution in [0, 0.1) is 0 Å². The highest BCUT2D eigenvalue weighted by Crippen LogP contribution is 2.32. The molecule has 1 fully saturated rings. The van der Waals surface area contributed by atoms with Crippen molar-refractivity contribution in [2.75, 3.05) is 19.6 Å². The first-order valence-corrected chi connectivity index (χ1v) is 10.1. The van der Waals surface area contributed by atoms with Gasteiger partial charge in [-0.3, -0.25) is 9.59 Å². The molecule has 0 aliphatic carbocycles. The predicted molar refractivity (Wildman–Crippen MR) is 104 cm³/mol. The Kier molecular flexibility index (Phi) is 5.41. The molecule has 0 bridgehead atoms. The standard InChI is InChI=1S/C21H27N5O2/c1-16(27)24-13-11-19-22-23-21(26(19)15-14-24)18-8-5-12-25(18)20(28)10-9-17-6-3-2-4-7-17/h2-4,6-7,18H,5,8-15H2,1H3/t18-/m0/s1. The second kappa shape index (κ2) is 8.12. The second-order valence-electron chi connectivity index (χ2n) is 7.61. The Bertz CT molecular complexity index is 848. The average molecular weight is 381 g/mol. The van der Waals surface area contributed by atoms with E-state index in [-0.39, 0.29) is 17.9 Å². The molecule has 148 valence electrons. The first kappa shape index (κ1) is 18.7. The van der Waals surface area contributed by atoms with Gasteiger partial charge in [0.2, 0.25) is 11.8 Å². The third-order valence-corrected chi connectivity index (χ3v) is 5.84. The number of amides is 2. The molecule has 28 heavy (non-hydrogen) atoms. The van der Waals surface area contributed by atoms with Crippen LogP contribution in [0.25, 0.3) is 0 Å². The Morgan fingerprint density at radius 1 is 1.07 bits per heavy atom. The summed E-state index contributed by atoms with van der Waals surface area (Å²) >= 11 is 0. The SMILES string of the molecule is CC(=O)N1CCc2nnc([C@@H]3CCCN3C(=O)CCc3ccccc3)n2CC1. The third kappa shape index (κ3) is 3.79. The van der Waals surface area contributed by atoms with Crippen LogP contribution in [0.5, 0.6) is 0 Å². The van der Waals surface area contributed by atoms with E-state index in [1.807, 2.05) is 28.0 Å². The van der Waals surface area contributed by atoms with Crippen molar-refractivity contribution in [3.05, 3.63) is 47.5 Å². The predicted octanol–water partition coefficient (Wildman–Crippen LogP) is 1.98. The molecule has 1 atom stereocenters. The molecule has 0 saturated carbocycles. The van der Waals surface area contributed by atoms with E-state index in [1.165, 1.54) is 5.56 Å². The van der Waals surface area contributed by atoms with Crippen molar-refractivity contribution < 1.29 is 9.59 Å². The molecule has 2 aliphatic rings. The van der Waals surface area contributed by atoms with Crippen LogP contribution in [0.4, 0.5) is 0 Å². The van der Waals surface area contributed by atoms with E-state index in [0.29, 0.717) is 32.5 Å². The Morgan fingerprint density at radius 2 is 1.89 bits per heavy atom. The highest BCUT2D eigenvalue weighted by Gasteiger charge is 2.34. The number of likely N-dealkylation sites (tertiary alicyclic amines) is 1. The molecule has 4 rings (SSSR count). The summed E-state index contributed by atoms with van der Waals surface area (Å²) in [5.41, 5.74) is 1.19. The van der Waals surface area contributed by atoms with Gasteiger partial charge < -0.3 is 14.4 Å². The number of nitrogens with zero attached hydrogens (tertiary/aromatic N) is 5. The van der Waals surface area contributed by atoms with Crippen LogP contribution in [0.1, 0.15) is 49.4 Å². The summed E-state index contributed by atoms with van der Waals surface area (Å²) in [5, 5.41) is 8.84. The molecule has 0 spiro atoms. The van der Waals surface area contributed by atoms with Crippen LogP contribution < -0.4 is 0 Å². The van der Waals surface area contributed by atoms with Gasteiger partial charge in [-0.1, -0.05) is 30.3 Å². The van der Waals surface area contributed by atoms with Crippen LogP contribution in [-0.4, -0.2) is 56.0 Å². The first-order valence-electron chi connectivity index (χ1n) is 10.1. The molecule has 3 heterocycles. The van der Waals surface area contributed by atoms with Gasteiger partial charge >= 0.3 is 0 Å². The molecule has 1 aromatic carbocycles. The lowest BCUT2D eigenvalue weighted by atomic mass is 10.1. The third-order valence-electron chi connectivity index (χ3n) is 5.84. The monoisotopic (exact) mass is 381 g/mol. The lowest BCUT2D eigenvalue weighted by Crippen LogP contribution is -2.33. The Morgan fingerprint density at radius 3 is 2.68 bits per heavy atom. The van der Waals surface area contributed by atoms with Gasteiger partial charge in [0.25, 0.3) is 0 Å². The molecule has 1 aromatic heterocycles. The van der Waals surface area contributed by atoms with Crippen molar-refractivity contribution in [2.24, 2.45) is 0 Å². The van der Waals surface area contributed by atoms with Crippen molar-refractivity contribution in [3.63, 3.8) is 0 Å². The van der Waals surface area contributed by atoms with Gasteiger partial charge in [-0.05, 0) is 24.8 Å². The second-order valence-corrected chi connectivity index (χ2v) is 7.61. The molecule has 2 amide bonds. The Hall–Kier alpha value is -2.70. The van der Waals surface area contributed by atoms with E-state index in [9.17, 15) is 9.59 Å². The van der Waals surface area contributed by atoms with E-state index < -0.39 is 0 Å². The molecule has 0 unspecified atom stereocenters. The molecule has 0 N–H and O–H groups in total. The quantitative estimate of drug-likeness (QED) is 0.812. The van der Waals surface area contributed by atoms with Crippen LogP contribution in [-0.2, 0) is 29.0 Å². The van der Waals surface area contributed by atoms with E-state index in [4.69, 9.17) is 0 Å². The van der Waals surface area contributed by atoms with Gasteiger partial charge in [0, 0.05) is 45.9 Å². The van der Waals surface area contributed by atoms with E-state index in [0.717, 1.165) is 37.5 Å². The van der Waals surface area contributed by atoms with Crippen LogP contribution >= 0.6 is 0 Å². The smallest absolute Gasteiger partial charge is 0.223 e. The molecule has 2 aromatic rings. The Balaban J connectivity index is 1.46. The molecule has 1 saturated heterocycles. The Labute approximate surface area is 165 Å². The summed E-state index contributed by atoms with van der Waals surface area (Å²) in [5.74, 6) is 2.08. The highest BCUT2D eigenvalue weighted by molar-refractivity contribution is 5.77. The fraction of sp³-hybridized carbons (Fsp3) is 0.524. The number of aryl methyl sites for hydroxylation is 1. The highest BCUT2D eigenvalue weighted by atomic mass is 16.2. The average Bonchev–Trinajstić information content (AvgIpc) is 3.28. The van der Waals surface area contributed by atoms with Crippen molar-refractivity contribution in [1.29, 1.82) is 0 Å². The largest absolute Gasteiger partial charge is 0.341 e. The number of aromatic nitrogens is 3. The fourth-order valence-corrected chi connectivity index (χ4v) is 4.28. The normalized spacial score (nSPS) is 19.4. The maximum absolute atomic E-state index is 12.9. The zero-order valence-electron chi connectivity index (χ0n) is 16.4. The van der Waals surface area contributed by atoms with Crippen molar-refractivity contribution >= 4 is 11.8 Å². The maximum Gasteiger partial charge on any atom is 0.223 e. The van der Waals surface area contributed by atoms with Crippen molar-refractivity contribution in [2.45, 2.75) is 51.6 Å². The van der Waals surface area contributed by atoms with Crippen molar-refractivity contribution in [1.82, 2.24) is 24.6 Å².